The van der Waals surface area contributed by atoms with Gasteiger partial charge < -0.3 is 5.73 Å². The van der Waals surface area contributed by atoms with Crippen molar-refractivity contribution in [1.29, 1.82) is 0 Å². The Morgan fingerprint density at radius 1 is 1.21 bits per heavy atom. The van der Waals surface area contributed by atoms with Gasteiger partial charge in [-0.15, -0.1) is 0 Å². The molecule has 4 nitrogen and oxygen atoms in total. The number of sulfonamides is 1. The molecule has 1 aromatic carbocycles. The van der Waals surface area contributed by atoms with Gasteiger partial charge in [0.05, 0.1) is 11.1 Å². The molecule has 1 atom stereocenters. The third-order valence-electron chi connectivity index (χ3n) is 3.23. The average Bonchev–Trinajstić information content (AvgIpc) is 2.57. The molecular formula is C12H16Br2N2O2S. The summed E-state index contributed by atoms with van der Waals surface area (Å²) >= 11 is 6.61. The standard InChI is InChI=1S/C12H16Br2N2O2S/c13-9-5-6-10(14)11(8-9)19(17,18)16-7-3-1-2-4-12(16)15/h5-6,8,12H,1-4,7,15H2. The van der Waals surface area contributed by atoms with Crippen LogP contribution in [0.25, 0.3) is 0 Å². The van der Waals surface area contributed by atoms with Crippen LogP contribution in [-0.4, -0.2) is 25.4 Å². The Labute approximate surface area is 130 Å². The quantitative estimate of drug-likeness (QED) is 0.813. The third kappa shape index (κ3) is 3.39. The molecule has 0 radical (unpaired) electrons. The minimum Gasteiger partial charge on any atom is -0.315 e. The average molecular weight is 412 g/mol. The van der Waals surface area contributed by atoms with Crippen molar-refractivity contribution in [3.8, 4) is 0 Å². The molecule has 0 bridgehead atoms. The number of hydrogen-bond donors (Lipinski definition) is 1. The van der Waals surface area contributed by atoms with Gasteiger partial charge in [-0.2, -0.15) is 4.31 Å². The van der Waals surface area contributed by atoms with Crippen molar-refractivity contribution in [3.05, 3.63) is 27.1 Å². The van der Waals surface area contributed by atoms with E-state index in [2.05, 4.69) is 31.9 Å². The minimum atomic E-state index is -3.56. The van der Waals surface area contributed by atoms with Crippen LogP contribution < -0.4 is 5.73 Å². The number of hydrogen-bond acceptors (Lipinski definition) is 3. The van der Waals surface area contributed by atoms with Crippen LogP contribution in [0.15, 0.2) is 32.0 Å². The summed E-state index contributed by atoms with van der Waals surface area (Å²) in [6.45, 7) is 0.489. The van der Waals surface area contributed by atoms with Crippen LogP contribution in [-0.2, 0) is 10.0 Å². The normalized spacial score (nSPS) is 22.2. The van der Waals surface area contributed by atoms with Gasteiger partial charge in [0.1, 0.15) is 0 Å². The lowest BCUT2D eigenvalue weighted by molar-refractivity contribution is 0.329. The zero-order chi connectivity index (χ0) is 14.0. The Balaban J connectivity index is 2.43. The number of rotatable bonds is 2. The van der Waals surface area contributed by atoms with Crippen LogP contribution in [0.5, 0.6) is 0 Å². The lowest BCUT2D eigenvalue weighted by Crippen LogP contribution is -2.45. The first-order valence-corrected chi connectivity index (χ1v) is 9.18. The second-order valence-corrected chi connectivity index (χ2v) is 8.24. The zero-order valence-corrected chi connectivity index (χ0v) is 14.3. The molecule has 2 rings (SSSR count). The lowest BCUT2D eigenvalue weighted by Gasteiger charge is -2.26. The van der Waals surface area contributed by atoms with Crippen molar-refractivity contribution in [2.45, 2.75) is 36.7 Å². The van der Waals surface area contributed by atoms with E-state index in [0.29, 0.717) is 17.4 Å². The summed E-state index contributed by atoms with van der Waals surface area (Å²) in [5.74, 6) is 0. The summed E-state index contributed by atoms with van der Waals surface area (Å²) in [7, 11) is -3.56. The fraction of sp³-hybridized carbons (Fsp3) is 0.500. The smallest absolute Gasteiger partial charge is 0.245 e. The summed E-state index contributed by atoms with van der Waals surface area (Å²) in [6.07, 6.45) is 3.15. The monoisotopic (exact) mass is 410 g/mol. The van der Waals surface area contributed by atoms with Crippen molar-refractivity contribution in [2.24, 2.45) is 5.73 Å². The Kier molecular flexibility index (Phi) is 5.05. The van der Waals surface area contributed by atoms with Gasteiger partial charge in [-0.3, -0.25) is 0 Å². The largest absolute Gasteiger partial charge is 0.315 e. The Morgan fingerprint density at radius 3 is 2.68 bits per heavy atom. The molecule has 2 N–H and O–H groups in total. The molecule has 1 unspecified atom stereocenters. The summed E-state index contributed by atoms with van der Waals surface area (Å²) in [4.78, 5) is 0.263. The van der Waals surface area contributed by atoms with Gasteiger partial charge in [-0.25, -0.2) is 8.42 Å². The Bertz CT molecular complexity index is 563. The third-order valence-corrected chi connectivity index (χ3v) is 6.64. The van der Waals surface area contributed by atoms with Gasteiger partial charge in [-0.1, -0.05) is 28.8 Å². The highest BCUT2D eigenvalue weighted by molar-refractivity contribution is 9.11. The maximum Gasteiger partial charge on any atom is 0.245 e. The molecule has 7 heteroatoms. The van der Waals surface area contributed by atoms with Crippen LogP contribution in [0.3, 0.4) is 0 Å². The van der Waals surface area contributed by atoms with E-state index in [1.807, 2.05) is 0 Å². The van der Waals surface area contributed by atoms with E-state index in [1.165, 1.54) is 4.31 Å². The second-order valence-electron chi connectivity index (χ2n) is 4.61. The van der Waals surface area contributed by atoms with Crippen molar-refractivity contribution in [1.82, 2.24) is 4.31 Å². The van der Waals surface area contributed by atoms with E-state index in [9.17, 15) is 8.42 Å². The van der Waals surface area contributed by atoms with Crippen LogP contribution in [0.1, 0.15) is 25.7 Å². The molecule has 0 amide bonds. The number of benzene rings is 1. The minimum absolute atomic E-state index is 0.263. The van der Waals surface area contributed by atoms with Gasteiger partial charge in [0.25, 0.3) is 0 Å². The van der Waals surface area contributed by atoms with Crippen molar-refractivity contribution < 1.29 is 8.42 Å². The molecule has 1 aliphatic rings. The van der Waals surface area contributed by atoms with E-state index >= 15 is 0 Å². The van der Waals surface area contributed by atoms with E-state index in [1.54, 1.807) is 18.2 Å². The molecule has 1 saturated heterocycles. The molecule has 1 aliphatic heterocycles. The summed E-state index contributed by atoms with van der Waals surface area (Å²) in [5, 5.41) is 0. The number of nitrogens with zero attached hydrogens (tertiary/aromatic N) is 1. The summed E-state index contributed by atoms with van der Waals surface area (Å²) in [6, 6.07) is 5.13. The highest BCUT2D eigenvalue weighted by atomic mass is 79.9. The van der Waals surface area contributed by atoms with Crippen molar-refractivity contribution >= 4 is 41.9 Å². The Morgan fingerprint density at radius 2 is 1.95 bits per heavy atom. The summed E-state index contributed by atoms with van der Waals surface area (Å²) < 4.78 is 28.2. The van der Waals surface area contributed by atoms with E-state index in [4.69, 9.17) is 5.73 Å². The molecule has 0 aromatic heterocycles. The second kappa shape index (κ2) is 6.22. The SMILES string of the molecule is NC1CCCCCN1S(=O)(=O)c1cc(Br)ccc1Br. The van der Waals surface area contributed by atoms with Crippen LogP contribution in [0.2, 0.25) is 0 Å². The first kappa shape index (κ1) is 15.4. The molecule has 0 saturated carbocycles. The van der Waals surface area contributed by atoms with Gasteiger partial charge in [0.2, 0.25) is 10.0 Å². The van der Waals surface area contributed by atoms with Crippen LogP contribution in [0, 0.1) is 0 Å². The van der Waals surface area contributed by atoms with Gasteiger partial charge >= 0.3 is 0 Å². The molecular weight excluding hydrogens is 396 g/mol. The molecule has 19 heavy (non-hydrogen) atoms. The van der Waals surface area contributed by atoms with E-state index in [-0.39, 0.29) is 4.90 Å². The molecule has 0 spiro atoms. The van der Waals surface area contributed by atoms with Gasteiger partial charge in [0.15, 0.2) is 0 Å². The van der Waals surface area contributed by atoms with Crippen molar-refractivity contribution in [3.63, 3.8) is 0 Å². The van der Waals surface area contributed by atoms with E-state index < -0.39 is 16.2 Å². The maximum atomic E-state index is 12.7. The maximum absolute atomic E-state index is 12.7. The predicted octanol–water partition coefficient (Wildman–Crippen LogP) is 3.06. The fourth-order valence-electron chi connectivity index (χ4n) is 2.21. The topological polar surface area (TPSA) is 63.4 Å². The van der Waals surface area contributed by atoms with Crippen LogP contribution >= 0.6 is 31.9 Å². The predicted molar refractivity (Wildman–Crippen MR) is 82.2 cm³/mol. The zero-order valence-electron chi connectivity index (χ0n) is 10.4. The molecule has 1 aromatic rings. The first-order valence-electron chi connectivity index (χ1n) is 6.15. The van der Waals surface area contributed by atoms with E-state index in [0.717, 1.165) is 23.7 Å². The Hall–Kier alpha value is 0.0500. The molecule has 106 valence electrons. The number of halogens is 2. The highest BCUT2D eigenvalue weighted by Crippen LogP contribution is 2.30. The fourth-order valence-corrected chi connectivity index (χ4v) is 5.25. The lowest BCUT2D eigenvalue weighted by atomic mass is 10.2. The van der Waals surface area contributed by atoms with Crippen molar-refractivity contribution in [2.75, 3.05) is 6.54 Å². The molecule has 0 aliphatic carbocycles. The van der Waals surface area contributed by atoms with Crippen LogP contribution in [0.4, 0.5) is 0 Å². The first-order chi connectivity index (χ1) is 8.93. The summed E-state index contributed by atoms with van der Waals surface area (Å²) in [5.41, 5.74) is 6.01. The number of nitrogens with two attached hydrogens (primary N) is 1. The van der Waals surface area contributed by atoms with Gasteiger partial charge in [0, 0.05) is 15.5 Å². The van der Waals surface area contributed by atoms with Gasteiger partial charge in [-0.05, 0) is 47.0 Å². The molecule has 1 fully saturated rings. The molecule has 1 heterocycles. The highest BCUT2D eigenvalue weighted by Gasteiger charge is 2.31.